The second-order valence-electron chi connectivity index (χ2n) is 3.06. The van der Waals surface area contributed by atoms with Gasteiger partial charge in [-0.25, -0.2) is 4.79 Å². The van der Waals surface area contributed by atoms with Crippen LogP contribution in [0.15, 0.2) is 23.1 Å². The Morgan fingerprint density at radius 1 is 1.53 bits per heavy atom. The van der Waals surface area contributed by atoms with Gasteiger partial charge in [-0.05, 0) is 12.5 Å². The zero-order valence-corrected chi connectivity index (χ0v) is 8.82. The molecule has 0 aliphatic heterocycles. The Labute approximate surface area is 87.7 Å². The highest BCUT2D eigenvalue weighted by Crippen LogP contribution is 1.94. The minimum absolute atomic E-state index is 0.0742. The molecule has 0 bridgehead atoms. The van der Waals surface area contributed by atoms with Crippen LogP contribution in [0.3, 0.4) is 0 Å². The quantitative estimate of drug-likeness (QED) is 0.796. The molecular weight excluding hydrogens is 196 g/mol. The van der Waals surface area contributed by atoms with Gasteiger partial charge in [-0.3, -0.25) is 4.79 Å². The Hall–Kier alpha value is -1.78. The van der Waals surface area contributed by atoms with Crippen molar-refractivity contribution >= 4 is 6.09 Å². The number of carbonyl (C=O) groups excluding carboxylic acids is 1. The molecule has 1 aromatic rings. The predicted molar refractivity (Wildman–Crippen MR) is 55.5 cm³/mol. The summed E-state index contributed by atoms with van der Waals surface area (Å²) < 4.78 is 6.16. The first-order valence-electron chi connectivity index (χ1n) is 4.69. The maximum absolute atomic E-state index is 11.1. The predicted octanol–water partition coefficient (Wildman–Crippen LogP) is 0.631. The number of aryl methyl sites for hydroxylation is 1. The molecular formula is C10H14N2O3. The molecule has 0 saturated heterocycles. The van der Waals surface area contributed by atoms with Crippen molar-refractivity contribution in [1.29, 1.82) is 0 Å². The van der Waals surface area contributed by atoms with E-state index in [1.165, 1.54) is 10.6 Å². The molecule has 0 aromatic carbocycles. The van der Waals surface area contributed by atoms with Crippen molar-refractivity contribution in [3.8, 4) is 0 Å². The maximum atomic E-state index is 11.1. The van der Waals surface area contributed by atoms with E-state index in [-0.39, 0.29) is 5.56 Å². The average Bonchev–Trinajstić information content (AvgIpc) is 2.20. The molecule has 0 aliphatic rings. The monoisotopic (exact) mass is 210 g/mol. The zero-order valence-electron chi connectivity index (χ0n) is 8.82. The number of pyridine rings is 1. The van der Waals surface area contributed by atoms with E-state index in [0.717, 1.165) is 5.56 Å². The Morgan fingerprint density at radius 3 is 2.87 bits per heavy atom. The Kier molecular flexibility index (Phi) is 3.91. The number of amides is 1. The summed E-state index contributed by atoms with van der Waals surface area (Å²) in [6, 6.07) is 3.14. The summed E-state index contributed by atoms with van der Waals surface area (Å²) in [6.45, 7) is 2.44. The van der Waals surface area contributed by atoms with Crippen LogP contribution in [0.25, 0.3) is 0 Å². The minimum Gasteiger partial charge on any atom is -0.450 e. The molecule has 1 rings (SSSR count). The number of aromatic nitrogens is 1. The fourth-order valence-corrected chi connectivity index (χ4v) is 1.11. The second kappa shape index (κ2) is 5.19. The SMILES string of the molecule is CCOC(=O)NCc1ccc(=O)n(C)c1. The number of hydrogen-bond acceptors (Lipinski definition) is 3. The van der Waals surface area contributed by atoms with Crippen molar-refractivity contribution in [2.24, 2.45) is 7.05 Å². The molecule has 82 valence electrons. The molecule has 1 amide bonds. The molecule has 0 unspecified atom stereocenters. The molecule has 1 aromatic heterocycles. The lowest BCUT2D eigenvalue weighted by Crippen LogP contribution is -2.25. The van der Waals surface area contributed by atoms with Crippen molar-refractivity contribution in [3.63, 3.8) is 0 Å². The smallest absolute Gasteiger partial charge is 0.407 e. The van der Waals surface area contributed by atoms with Crippen LogP contribution in [-0.4, -0.2) is 17.3 Å². The van der Waals surface area contributed by atoms with E-state index in [0.29, 0.717) is 13.2 Å². The van der Waals surface area contributed by atoms with Gasteiger partial charge in [0.2, 0.25) is 5.56 Å². The summed E-state index contributed by atoms with van der Waals surface area (Å²) in [6.07, 6.45) is 1.22. The first-order valence-corrected chi connectivity index (χ1v) is 4.69. The van der Waals surface area contributed by atoms with Gasteiger partial charge in [0.05, 0.1) is 6.61 Å². The lowest BCUT2D eigenvalue weighted by atomic mass is 10.3. The Balaban J connectivity index is 2.55. The standard InChI is InChI=1S/C10H14N2O3/c1-3-15-10(14)11-6-8-4-5-9(13)12(2)7-8/h4-5,7H,3,6H2,1-2H3,(H,11,14). The minimum atomic E-state index is -0.452. The number of hydrogen-bond donors (Lipinski definition) is 1. The summed E-state index contributed by atoms with van der Waals surface area (Å²) in [5.41, 5.74) is 0.778. The van der Waals surface area contributed by atoms with E-state index in [2.05, 4.69) is 5.32 Å². The van der Waals surface area contributed by atoms with E-state index in [1.54, 1.807) is 26.2 Å². The normalized spacial score (nSPS) is 9.73. The molecule has 5 heteroatoms. The number of ether oxygens (including phenoxy) is 1. The second-order valence-corrected chi connectivity index (χ2v) is 3.06. The largest absolute Gasteiger partial charge is 0.450 e. The molecule has 1 N–H and O–H groups in total. The van der Waals surface area contributed by atoms with Crippen molar-refractivity contribution in [3.05, 3.63) is 34.2 Å². The summed E-state index contributed by atoms with van der Waals surface area (Å²) in [7, 11) is 1.66. The van der Waals surface area contributed by atoms with E-state index < -0.39 is 6.09 Å². The first kappa shape index (κ1) is 11.3. The molecule has 0 saturated carbocycles. The number of alkyl carbamates (subject to hydrolysis) is 1. The van der Waals surface area contributed by atoms with Gasteiger partial charge in [-0.1, -0.05) is 6.07 Å². The number of nitrogens with one attached hydrogen (secondary N) is 1. The van der Waals surface area contributed by atoms with Crippen LogP contribution in [0.5, 0.6) is 0 Å². The lowest BCUT2D eigenvalue weighted by molar-refractivity contribution is 0.151. The number of carbonyl (C=O) groups is 1. The fourth-order valence-electron chi connectivity index (χ4n) is 1.11. The lowest BCUT2D eigenvalue weighted by Gasteiger charge is -2.06. The highest BCUT2D eigenvalue weighted by molar-refractivity contribution is 5.67. The van der Waals surface area contributed by atoms with Crippen LogP contribution >= 0.6 is 0 Å². The van der Waals surface area contributed by atoms with Crippen LogP contribution in [-0.2, 0) is 18.3 Å². The van der Waals surface area contributed by atoms with E-state index in [4.69, 9.17) is 4.74 Å². The van der Waals surface area contributed by atoms with Crippen LogP contribution < -0.4 is 10.9 Å². The third kappa shape index (κ3) is 3.46. The first-order chi connectivity index (χ1) is 7.13. The van der Waals surface area contributed by atoms with Crippen molar-refractivity contribution in [2.75, 3.05) is 6.61 Å². The summed E-state index contributed by atoms with van der Waals surface area (Å²) in [5, 5.41) is 2.57. The van der Waals surface area contributed by atoms with E-state index >= 15 is 0 Å². The van der Waals surface area contributed by atoms with Gasteiger partial charge in [0.25, 0.3) is 0 Å². The highest BCUT2D eigenvalue weighted by Gasteiger charge is 2.00. The van der Waals surface area contributed by atoms with Gasteiger partial charge in [0.15, 0.2) is 0 Å². The molecule has 0 aliphatic carbocycles. The van der Waals surface area contributed by atoms with Crippen molar-refractivity contribution in [2.45, 2.75) is 13.5 Å². The van der Waals surface area contributed by atoms with Gasteiger partial charge < -0.3 is 14.6 Å². The van der Waals surface area contributed by atoms with Crippen molar-refractivity contribution in [1.82, 2.24) is 9.88 Å². The van der Waals surface area contributed by atoms with Crippen LogP contribution in [0.4, 0.5) is 4.79 Å². The Bertz CT molecular complexity index is 398. The molecule has 0 fully saturated rings. The molecule has 0 atom stereocenters. The van der Waals surface area contributed by atoms with Gasteiger partial charge in [0, 0.05) is 25.9 Å². The molecule has 1 heterocycles. The Morgan fingerprint density at radius 2 is 2.27 bits per heavy atom. The van der Waals surface area contributed by atoms with Gasteiger partial charge in [0.1, 0.15) is 0 Å². The van der Waals surface area contributed by atoms with Gasteiger partial charge in [-0.15, -0.1) is 0 Å². The molecule has 0 radical (unpaired) electrons. The van der Waals surface area contributed by atoms with Crippen LogP contribution in [0.1, 0.15) is 12.5 Å². The highest BCUT2D eigenvalue weighted by atomic mass is 16.5. The number of rotatable bonds is 3. The average molecular weight is 210 g/mol. The third-order valence-electron chi connectivity index (χ3n) is 1.86. The fraction of sp³-hybridized carbons (Fsp3) is 0.400. The van der Waals surface area contributed by atoms with Gasteiger partial charge in [-0.2, -0.15) is 0 Å². The van der Waals surface area contributed by atoms with Crippen LogP contribution in [0, 0.1) is 0 Å². The molecule has 0 spiro atoms. The summed E-state index contributed by atoms with van der Waals surface area (Å²) >= 11 is 0. The third-order valence-corrected chi connectivity index (χ3v) is 1.86. The molecule has 5 nitrogen and oxygen atoms in total. The summed E-state index contributed by atoms with van der Waals surface area (Å²) in [4.78, 5) is 22.0. The topological polar surface area (TPSA) is 60.3 Å². The number of nitrogens with zero attached hydrogens (tertiary/aromatic N) is 1. The van der Waals surface area contributed by atoms with E-state index in [1.807, 2.05) is 0 Å². The van der Waals surface area contributed by atoms with E-state index in [9.17, 15) is 9.59 Å². The summed E-state index contributed by atoms with van der Waals surface area (Å²) in [5.74, 6) is 0. The van der Waals surface area contributed by atoms with Gasteiger partial charge >= 0.3 is 6.09 Å². The zero-order chi connectivity index (χ0) is 11.3. The maximum Gasteiger partial charge on any atom is 0.407 e. The molecule has 15 heavy (non-hydrogen) atoms. The van der Waals surface area contributed by atoms with Crippen molar-refractivity contribution < 1.29 is 9.53 Å². The van der Waals surface area contributed by atoms with Crippen LogP contribution in [0.2, 0.25) is 0 Å².